The molecule has 0 unspecified atom stereocenters. The summed E-state index contributed by atoms with van der Waals surface area (Å²) in [7, 11) is 0. The molecule has 1 amide bonds. The van der Waals surface area contributed by atoms with Crippen molar-refractivity contribution in [2.75, 3.05) is 6.61 Å². The first-order valence-corrected chi connectivity index (χ1v) is 11.3. The number of nitrogens with zero attached hydrogens (tertiary/aromatic N) is 1. The first kappa shape index (κ1) is 26.8. The highest BCUT2D eigenvalue weighted by Crippen LogP contribution is 2.48. The minimum Gasteiger partial charge on any atom is -0.484 e. The first-order chi connectivity index (χ1) is 16.6. The molecule has 0 spiro atoms. The molecule has 0 saturated heterocycles. The van der Waals surface area contributed by atoms with E-state index in [1.54, 1.807) is 24.3 Å². The van der Waals surface area contributed by atoms with Gasteiger partial charge in [0.15, 0.2) is 18.2 Å². The maximum atomic E-state index is 12.2. The van der Waals surface area contributed by atoms with Gasteiger partial charge < -0.3 is 30.2 Å². The lowest BCUT2D eigenvalue weighted by Crippen LogP contribution is -2.20. The van der Waals surface area contributed by atoms with Gasteiger partial charge in [-0.2, -0.15) is 0 Å². The molecule has 0 fully saturated rings. The number of amides is 1. The van der Waals surface area contributed by atoms with E-state index in [0.717, 1.165) is 0 Å². The highest BCUT2D eigenvalue weighted by molar-refractivity contribution is 6.55. The van der Waals surface area contributed by atoms with Gasteiger partial charge in [0.2, 0.25) is 5.76 Å². The molecule has 0 aliphatic carbocycles. The average Bonchev–Trinajstić information content (AvgIpc) is 3.32. The lowest BCUT2D eigenvalue weighted by Gasteiger charge is -2.12. The van der Waals surface area contributed by atoms with E-state index in [0.29, 0.717) is 11.3 Å². The van der Waals surface area contributed by atoms with Gasteiger partial charge in [-0.05, 0) is 36.4 Å². The Morgan fingerprint density at radius 2 is 1.43 bits per heavy atom. The Kier molecular flexibility index (Phi) is 8.98. The molecule has 0 aliphatic heterocycles. The summed E-state index contributed by atoms with van der Waals surface area (Å²) >= 11 is 30.2. The maximum absolute atomic E-state index is 12.2. The fourth-order valence-electron chi connectivity index (χ4n) is 2.48. The van der Waals surface area contributed by atoms with Crippen LogP contribution < -0.4 is 20.9 Å². The van der Waals surface area contributed by atoms with E-state index >= 15 is 0 Å². The lowest BCUT2D eigenvalue weighted by molar-refractivity contribution is -0.119. The summed E-state index contributed by atoms with van der Waals surface area (Å²) in [5, 5.41) is 3.47. The molecule has 0 aliphatic rings. The number of hydrogen-bond donors (Lipinski definition) is 2. The van der Waals surface area contributed by atoms with E-state index in [1.807, 2.05) is 0 Å². The van der Waals surface area contributed by atoms with E-state index in [9.17, 15) is 9.59 Å². The smallest absolute Gasteiger partial charge is 0.400 e. The van der Waals surface area contributed by atoms with Gasteiger partial charge in [0.1, 0.15) is 28.2 Å². The second-order valence-electron chi connectivity index (χ2n) is 6.59. The number of amidine groups is 1. The third kappa shape index (κ3) is 6.65. The molecule has 2 aromatic carbocycles. The summed E-state index contributed by atoms with van der Waals surface area (Å²) in [5.41, 5.74) is 11.3. The van der Waals surface area contributed by atoms with E-state index < -0.39 is 11.9 Å². The highest BCUT2D eigenvalue weighted by Gasteiger charge is 2.21. The Morgan fingerprint density at radius 3 is 2.03 bits per heavy atom. The van der Waals surface area contributed by atoms with Gasteiger partial charge in [0.25, 0.3) is 5.91 Å². The van der Waals surface area contributed by atoms with Crippen molar-refractivity contribution in [1.82, 2.24) is 0 Å². The number of ether oxygens (including phenoxy) is 2. The second-order valence-corrected chi connectivity index (χ2v) is 8.48. The molecule has 1 heterocycles. The van der Waals surface area contributed by atoms with Gasteiger partial charge in [0.05, 0.1) is 15.1 Å². The van der Waals surface area contributed by atoms with Gasteiger partial charge in [-0.25, -0.2) is 4.79 Å². The molecule has 4 N–H and O–H groups in total. The molecule has 0 atom stereocenters. The van der Waals surface area contributed by atoms with Crippen LogP contribution in [0.4, 0.5) is 0 Å². The van der Waals surface area contributed by atoms with Gasteiger partial charge in [-0.15, -0.1) is 0 Å². The average molecular weight is 582 g/mol. The molecular formula is C21H14Cl5N3O6. The van der Waals surface area contributed by atoms with Crippen LogP contribution in [0, 0.1) is 0 Å². The third-order valence-corrected chi connectivity index (χ3v) is 6.39. The number of halogens is 5. The molecule has 3 rings (SSSR count). The topological polar surface area (TPSA) is 139 Å². The van der Waals surface area contributed by atoms with Crippen molar-refractivity contribution in [2.24, 2.45) is 16.6 Å². The molecule has 14 heteroatoms. The molecule has 0 bridgehead atoms. The molecular weight excluding hydrogens is 568 g/mol. The molecule has 0 radical (unpaired) electrons. The third-order valence-electron chi connectivity index (χ3n) is 4.15. The van der Waals surface area contributed by atoms with Crippen molar-refractivity contribution in [2.45, 2.75) is 6.61 Å². The molecule has 35 heavy (non-hydrogen) atoms. The SMILES string of the molecule is NC(=O)COc1ccc(/C(N)=N/OC(=O)c2ccc(COc3c(Cl)c(Cl)c(Cl)c(Cl)c3Cl)o2)cc1. The fourth-order valence-corrected chi connectivity index (χ4v) is 3.71. The van der Waals surface area contributed by atoms with Crippen molar-refractivity contribution in [3.63, 3.8) is 0 Å². The van der Waals surface area contributed by atoms with Crippen LogP contribution in [0.15, 0.2) is 46.0 Å². The quantitative estimate of drug-likeness (QED) is 0.0853. The van der Waals surface area contributed by atoms with Crippen molar-refractivity contribution >= 4 is 75.7 Å². The molecule has 1 aromatic heterocycles. The summed E-state index contributed by atoms with van der Waals surface area (Å²) in [6.07, 6.45) is 0. The molecule has 3 aromatic rings. The largest absolute Gasteiger partial charge is 0.484 e. The van der Waals surface area contributed by atoms with E-state index in [1.165, 1.54) is 12.1 Å². The standard InChI is InChI=1S/C21H14Cl5N3O6/c22-14-15(23)17(25)19(18(26)16(14)24)33-7-11-5-6-12(34-11)21(31)35-29-20(28)9-1-3-10(4-2-9)32-8-13(27)30/h1-6H,7-8H2,(H2,27,30)(H2,28,29). The second kappa shape index (κ2) is 11.7. The van der Waals surface area contributed by atoms with E-state index in [2.05, 4.69) is 5.16 Å². The number of nitrogens with two attached hydrogens (primary N) is 2. The number of benzene rings is 2. The number of carbonyl (C=O) groups is 2. The van der Waals surface area contributed by atoms with Crippen LogP contribution in [0.5, 0.6) is 11.5 Å². The predicted molar refractivity (Wildman–Crippen MR) is 132 cm³/mol. The van der Waals surface area contributed by atoms with Crippen LogP contribution in [0.2, 0.25) is 25.1 Å². The van der Waals surface area contributed by atoms with Crippen LogP contribution in [0.25, 0.3) is 0 Å². The fraction of sp³-hybridized carbons (Fsp3) is 0.0952. The van der Waals surface area contributed by atoms with Gasteiger partial charge in [-0.3, -0.25) is 4.79 Å². The van der Waals surface area contributed by atoms with Crippen LogP contribution in [-0.2, 0) is 16.2 Å². The number of carbonyl (C=O) groups excluding carboxylic acids is 2. The lowest BCUT2D eigenvalue weighted by atomic mass is 10.2. The minimum atomic E-state index is -0.908. The van der Waals surface area contributed by atoms with Crippen LogP contribution >= 0.6 is 58.0 Å². The number of oxime groups is 1. The summed E-state index contributed by atoms with van der Waals surface area (Å²) in [4.78, 5) is 27.8. The zero-order valence-electron chi connectivity index (χ0n) is 17.3. The van der Waals surface area contributed by atoms with Crippen LogP contribution in [0.1, 0.15) is 21.9 Å². The van der Waals surface area contributed by atoms with Crippen molar-refractivity contribution in [3.8, 4) is 11.5 Å². The van der Waals surface area contributed by atoms with Crippen molar-refractivity contribution < 1.29 is 28.3 Å². The molecule has 0 saturated carbocycles. The van der Waals surface area contributed by atoms with Crippen molar-refractivity contribution in [3.05, 3.63) is 78.6 Å². The zero-order valence-corrected chi connectivity index (χ0v) is 21.1. The van der Waals surface area contributed by atoms with Gasteiger partial charge in [0, 0.05) is 5.56 Å². The summed E-state index contributed by atoms with van der Waals surface area (Å²) in [5.74, 6) is -1.15. The minimum absolute atomic E-state index is 0.00308. The Bertz CT molecular complexity index is 1260. The van der Waals surface area contributed by atoms with E-state index in [4.69, 9.17) is 88.2 Å². The monoisotopic (exact) mass is 579 g/mol. The zero-order chi connectivity index (χ0) is 25.7. The normalized spacial score (nSPS) is 11.3. The molecule has 184 valence electrons. The molecule has 9 nitrogen and oxygen atoms in total. The first-order valence-electron chi connectivity index (χ1n) is 9.37. The number of primary amides is 1. The number of hydrogen-bond acceptors (Lipinski definition) is 7. The predicted octanol–water partition coefficient (Wildman–Crippen LogP) is 5.47. The summed E-state index contributed by atoms with van der Waals surface area (Å²) in [6.45, 7) is -0.436. The Balaban J connectivity index is 1.61. The summed E-state index contributed by atoms with van der Waals surface area (Å²) in [6, 6.07) is 9.01. The summed E-state index contributed by atoms with van der Waals surface area (Å²) < 4.78 is 16.1. The maximum Gasteiger partial charge on any atom is 0.400 e. The number of rotatable bonds is 9. The van der Waals surface area contributed by atoms with E-state index in [-0.39, 0.29) is 61.4 Å². The van der Waals surface area contributed by atoms with Crippen molar-refractivity contribution in [1.29, 1.82) is 0 Å². The van der Waals surface area contributed by atoms with Gasteiger partial charge >= 0.3 is 5.97 Å². The number of furan rings is 1. The highest BCUT2D eigenvalue weighted by atomic mass is 35.5. The Morgan fingerprint density at radius 1 is 0.829 bits per heavy atom. The Hall–Kier alpha value is -2.82. The van der Waals surface area contributed by atoms with Crippen LogP contribution in [-0.4, -0.2) is 24.3 Å². The van der Waals surface area contributed by atoms with Gasteiger partial charge in [-0.1, -0.05) is 63.2 Å². The Labute approximate surface area is 223 Å². The van der Waals surface area contributed by atoms with Crippen LogP contribution in [0.3, 0.4) is 0 Å².